The fraction of sp³-hybridized carbons (Fsp3) is 0.308. The first kappa shape index (κ1) is 15.3. The summed E-state index contributed by atoms with van der Waals surface area (Å²) >= 11 is 12.7. The molecule has 1 aromatic rings. The van der Waals surface area contributed by atoms with E-state index in [1.807, 2.05) is 31.2 Å². The first-order valence-electron chi connectivity index (χ1n) is 5.62. The van der Waals surface area contributed by atoms with Crippen LogP contribution in [0.5, 0.6) is 0 Å². The number of rotatable bonds is 6. The quantitative estimate of drug-likeness (QED) is 0.364. The maximum absolute atomic E-state index is 5.82. The number of thiocarbonyl (C=S) groups is 1. The van der Waals surface area contributed by atoms with Crippen molar-refractivity contribution < 1.29 is 0 Å². The summed E-state index contributed by atoms with van der Waals surface area (Å²) in [5, 5.41) is 7.68. The molecule has 0 aromatic heterocycles. The Bertz CT molecular complexity index is 404. The minimum atomic E-state index is 0.676. The molecule has 0 saturated carbocycles. The van der Waals surface area contributed by atoms with Crippen molar-refractivity contribution in [2.45, 2.75) is 11.8 Å². The lowest BCUT2D eigenvalue weighted by Crippen LogP contribution is -2.37. The van der Waals surface area contributed by atoms with E-state index in [0.717, 1.165) is 29.4 Å². The zero-order chi connectivity index (χ0) is 13.4. The van der Waals surface area contributed by atoms with Crippen LogP contribution in [0.25, 0.3) is 0 Å². The van der Waals surface area contributed by atoms with Gasteiger partial charge in [0.25, 0.3) is 0 Å². The van der Waals surface area contributed by atoms with E-state index in [-0.39, 0.29) is 0 Å². The lowest BCUT2D eigenvalue weighted by atomic mass is 10.3. The summed E-state index contributed by atoms with van der Waals surface area (Å²) in [6.45, 7) is 7.32. The largest absolute Gasteiger partial charge is 0.362 e. The van der Waals surface area contributed by atoms with E-state index >= 15 is 0 Å². The molecule has 0 saturated heterocycles. The van der Waals surface area contributed by atoms with Gasteiger partial charge in [0.2, 0.25) is 0 Å². The molecule has 0 fully saturated rings. The smallest absolute Gasteiger partial charge is 0.166 e. The van der Waals surface area contributed by atoms with Gasteiger partial charge < -0.3 is 10.6 Å². The summed E-state index contributed by atoms with van der Waals surface area (Å²) in [5.41, 5.74) is 1.06. The van der Waals surface area contributed by atoms with Gasteiger partial charge in [-0.05, 0) is 43.4 Å². The molecule has 0 unspecified atom stereocenters. The van der Waals surface area contributed by atoms with E-state index in [4.69, 9.17) is 23.8 Å². The van der Waals surface area contributed by atoms with Crippen LogP contribution in [0.3, 0.4) is 0 Å². The molecule has 0 bridgehead atoms. The van der Waals surface area contributed by atoms with Gasteiger partial charge in [0.15, 0.2) is 5.11 Å². The van der Waals surface area contributed by atoms with E-state index in [0.29, 0.717) is 5.11 Å². The molecule has 2 N–H and O–H groups in total. The number of halogens is 1. The Balaban J connectivity index is 2.13. The van der Waals surface area contributed by atoms with Crippen LogP contribution in [0.1, 0.15) is 6.92 Å². The molecule has 0 aliphatic carbocycles. The second-order valence-corrected chi connectivity index (χ2v) is 5.88. The lowest BCUT2D eigenvalue weighted by molar-refractivity contribution is 0.898. The first-order valence-corrected chi connectivity index (χ1v) is 7.39. The molecule has 0 atom stereocenters. The Kier molecular flexibility index (Phi) is 7.16. The van der Waals surface area contributed by atoms with Crippen molar-refractivity contribution in [2.75, 3.05) is 18.8 Å². The van der Waals surface area contributed by atoms with Crippen LogP contribution in [-0.2, 0) is 0 Å². The Morgan fingerprint density at radius 3 is 2.61 bits per heavy atom. The molecule has 0 radical (unpaired) electrons. The van der Waals surface area contributed by atoms with Crippen LogP contribution >= 0.6 is 35.6 Å². The molecular weight excluding hydrogens is 284 g/mol. The number of hydrogen-bond donors (Lipinski definition) is 2. The topological polar surface area (TPSA) is 24.1 Å². The molecule has 18 heavy (non-hydrogen) atoms. The van der Waals surface area contributed by atoms with E-state index in [1.54, 1.807) is 11.8 Å². The summed E-state index contributed by atoms with van der Waals surface area (Å²) in [4.78, 5) is 1.21. The van der Waals surface area contributed by atoms with Crippen molar-refractivity contribution in [3.63, 3.8) is 0 Å². The maximum Gasteiger partial charge on any atom is 0.166 e. The van der Waals surface area contributed by atoms with Crippen molar-refractivity contribution in [1.82, 2.24) is 10.6 Å². The first-order chi connectivity index (χ1) is 8.58. The number of hydrogen-bond acceptors (Lipinski definition) is 2. The highest BCUT2D eigenvalue weighted by atomic mass is 35.5. The number of nitrogens with one attached hydrogen (secondary N) is 2. The van der Waals surface area contributed by atoms with Gasteiger partial charge >= 0.3 is 0 Å². The van der Waals surface area contributed by atoms with Gasteiger partial charge in [-0.25, -0.2) is 0 Å². The average molecular weight is 301 g/mol. The van der Waals surface area contributed by atoms with Crippen molar-refractivity contribution >= 4 is 40.7 Å². The molecule has 0 amide bonds. The molecule has 5 heteroatoms. The Morgan fingerprint density at radius 2 is 2.00 bits per heavy atom. The van der Waals surface area contributed by atoms with Gasteiger partial charge in [-0.15, -0.1) is 11.8 Å². The third kappa shape index (κ3) is 6.89. The van der Waals surface area contributed by atoms with E-state index < -0.39 is 0 Å². The van der Waals surface area contributed by atoms with Crippen LogP contribution in [0.2, 0.25) is 5.02 Å². The summed E-state index contributed by atoms with van der Waals surface area (Å²) < 4.78 is 0. The number of benzene rings is 1. The molecule has 1 aromatic carbocycles. The fourth-order valence-corrected chi connectivity index (χ4v) is 2.23. The Morgan fingerprint density at radius 1 is 1.33 bits per heavy atom. The van der Waals surface area contributed by atoms with Gasteiger partial charge in [-0.1, -0.05) is 23.8 Å². The number of thioether (sulfide) groups is 1. The van der Waals surface area contributed by atoms with E-state index in [9.17, 15) is 0 Å². The van der Waals surface area contributed by atoms with Gasteiger partial charge in [0, 0.05) is 28.8 Å². The van der Waals surface area contributed by atoms with Crippen molar-refractivity contribution in [1.29, 1.82) is 0 Å². The molecule has 0 heterocycles. The van der Waals surface area contributed by atoms with Crippen LogP contribution in [0.15, 0.2) is 41.3 Å². The molecule has 98 valence electrons. The fourth-order valence-electron chi connectivity index (χ4n) is 1.16. The third-order valence-corrected chi connectivity index (χ3v) is 3.58. The average Bonchev–Trinajstić information content (AvgIpc) is 2.34. The standard InChI is InChI=1S/C13H17ClN2S2/c1-10(2)9-16-13(17)15-7-8-18-12-5-3-11(14)4-6-12/h3-6H,1,7-9H2,2H3,(H2,15,16,17). The Labute approximate surface area is 123 Å². The molecule has 2 nitrogen and oxygen atoms in total. The Hall–Kier alpha value is -0.710. The summed E-state index contributed by atoms with van der Waals surface area (Å²) in [7, 11) is 0. The molecule has 0 aliphatic rings. The molecular formula is C13H17ClN2S2. The minimum Gasteiger partial charge on any atom is -0.362 e. The minimum absolute atomic E-state index is 0.676. The van der Waals surface area contributed by atoms with Crippen LogP contribution in [-0.4, -0.2) is 24.0 Å². The second kappa shape index (κ2) is 8.40. The van der Waals surface area contributed by atoms with Gasteiger partial charge in [0.1, 0.15) is 0 Å². The summed E-state index contributed by atoms with van der Waals surface area (Å²) in [6.07, 6.45) is 0. The normalized spacial score (nSPS) is 9.89. The molecule has 0 aliphatic heterocycles. The highest BCUT2D eigenvalue weighted by molar-refractivity contribution is 7.99. The second-order valence-electron chi connectivity index (χ2n) is 3.87. The van der Waals surface area contributed by atoms with Crippen molar-refractivity contribution in [3.8, 4) is 0 Å². The zero-order valence-electron chi connectivity index (χ0n) is 10.3. The van der Waals surface area contributed by atoms with Crippen LogP contribution in [0, 0.1) is 0 Å². The van der Waals surface area contributed by atoms with Crippen LogP contribution in [0.4, 0.5) is 0 Å². The predicted octanol–water partition coefficient (Wildman–Crippen LogP) is 3.47. The third-order valence-electron chi connectivity index (χ3n) is 2.02. The van der Waals surface area contributed by atoms with E-state index in [2.05, 4.69) is 17.2 Å². The highest BCUT2D eigenvalue weighted by Crippen LogP contribution is 2.19. The predicted molar refractivity (Wildman–Crippen MR) is 85.6 cm³/mol. The van der Waals surface area contributed by atoms with Crippen LogP contribution < -0.4 is 10.6 Å². The van der Waals surface area contributed by atoms with E-state index in [1.165, 1.54) is 4.90 Å². The summed E-state index contributed by atoms with van der Waals surface area (Å²) in [6, 6.07) is 7.84. The van der Waals surface area contributed by atoms with Gasteiger partial charge in [-0.2, -0.15) is 0 Å². The highest BCUT2D eigenvalue weighted by Gasteiger charge is 1.96. The maximum atomic E-state index is 5.82. The molecule has 1 rings (SSSR count). The van der Waals surface area contributed by atoms with Crippen molar-refractivity contribution in [3.05, 3.63) is 41.4 Å². The molecule has 0 spiro atoms. The van der Waals surface area contributed by atoms with Gasteiger partial charge in [0.05, 0.1) is 0 Å². The van der Waals surface area contributed by atoms with Crippen molar-refractivity contribution in [2.24, 2.45) is 0 Å². The monoisotopic (exact) mass is 300 g/mol. The zero-order valence-corrected chi connectivity index (χ0v) is 12.7. The SMILES string of the molecule is C=C(C)CNC(=S)NCCSc1ccc(Cl)cc1. The van der Waals surface area contributed by atoms with Gasteiger partial charge in [-0.3, -0.25) is 0 Å². The lowest BCUT2D eigenvalue weighted by Gasteiger charge is -2.10. The summed E-state index contributed by atoms with van der Waals surface area (Å²) in [5.74, 6) is 0.955.